The molecule has 7 heteroatoms. The molecule has 3 aromatic rings. The molecular formula is C17H16N4O3. The minimum absolute atomic E-state index is 0.00744. The van der Waals surface area contributed by atoms with Gasteiger partial charge in [0.1, 0.15) is 0 Å². The maximum absolute atomic E-state index is 11.7. The van der Waals surface area contributed by atoms with Gasteiger partial charge in [-0.1, -0.05) is 30.3 Å². The average molecular weight is 324 g/mol. The Morgan fingerprint density at radius 2 is 1.88 bits per heavy atom. The fourth-order valence-electron chi connectivity index (χ4n) is 1.99. The van der Waals surface area contributed by atoms with Gasteiger partial charge in [-0.05, 0) is 6.07 Å². The molecule has 1 aromatic carbocycles. The normalized spacial score (nSPS) is 10.3. The lowest BCUT2D eigenvalue weighted by atomic mass is 10.2. The van der Waals surface area contributed by atoms with Crippen molar-refractivity contribution in [3.63, 3.8) is 0 Å². The summed E-state index contributed by atoms with van der Waals surface area (Å²) >= 11 is 0. The number of carbonyl (C=O) groups excluding carboxylic acids is 1. The molecular weight excluding hydrogens is 308 g/mol. The van der Waals surface area contributed by atoms with Crippen molar-refractivity contribution in [3.8, 4) is 11.3 Å². The van der Waals surface area contributed by atoms with Crippen molar-refractivity contribution in [2.45, 2.75) is 13.0 Å². The van der Waals surface area contributed by atoms with Crippen LogP contribution in [0.15, 0.2) is 59.4 Å². The highest BCUT2D eigenvalue weighted by atomic mass is 16.5. The van der Waals surface area contributed by atoms with Gasteiger partial charge in [0, 0.05) is 24.5 Å². The zero-order chi connectivity index (χ0) is 16.6. The highest BCUT2D eigenvalue weighted by molar-refractivity contribution is 5.69. The number of oxazole rings is 1. The number of esters is 1. The Balaban J connectivity index is 1.42. The fourth-order valence-corrected chi connectivity index (χ4v) is 1.99. The smallest absolute Gasteiger partial charge is 0.308 e. The third-order valence-electron chi connectivity index (χ3n) is 3.15. The summed E-state index contributed by atoms with van der Waals surface area (Å²) in [5.74, 6) is 1.13. The zero-order valence-corrected chi connectivity index (χ0v) is 12.9. The van der Waals surface area contributed by atoms with Crippen molar-refractivity contribution < 1.29 is 13.9 Å². The van der Waals surface area contributed by atoms with Gasteiger partial charge < -0.3 is 14.5 Å². The van der Waals surface area contributed by atoms with Crippen LogP contribution in [-0.4, -0.2) is 27.5 Å². The van der Waals surface area contributed by atoms with Crippen molar-refractivity contribution in [1.29, 1.82) is 0 Å². The summed E-state index contributed by atoms with van der Waals surface area (Å²) in [5, 5.41) is 2.94. The molecule has 0 aliphatic heterocycles. The van der Waals surface area contributed by atoms with Gasteiger partial charge in [0.25, 0.3) is 0 Å². The van der Waals surface area contributed by atoms with Gasteiger partial charge >= 0.3 is 5.97 Å². The lowest BCUT2D eigenvalue weighted by Gasteiger charge is -2.04. The first-order chi connectivity index (χ1) is 11.8. The molecule has 0 radical (unpaired) electrons. The third-order valence-corrected chi connectivity index (χ3v) is 3.15. The van der Waals surface area contributed by atoms with Crippen LogP contribution in [0, 0.1) is 0 Å². The predicted octanol–water partition coefficient (Wildman–Crippen LogP) is 2.68. The lowest BCUT2D eigenvalue weighted by molar-refractivity contribution is -0.145. The summed E-state index contributed by atoms with van der Waals surface area (Å²) in [4.78, 5) is 23.8. The van der Waals surface area contributed by atoms with Gasteiger partial charge in [-0.25, -0.2) is 15.0 Å². The molecule has 7 nitrogen and oxygen atoms in total. The number of carbonyl (C=O) groups is 1. The molecule has 24 heavy (non-hydrogen) atoms. The molecule has 0 fully saturated rings. The monoisotopic (exact) mass is 324 g/mol. The number of nitrogens with one attached hydrogen (secondary N) is 1. The number of aromatic nitrogens is 3. The first-order valence-corrected chi connectivity index (χ1v) is 7.48. The predicted molar refractivity (Wildman–Crippen MR) is 86.9 cm³/mol. The van der Waals surface area contributed by atoms with Crippen molar-refractivity contribution in [2.75, 3.05) is 11.9 Å². The highest BCUT2D eigenvalue weighted by Crippen LogP contribution is 2.19. The number of hydrogen-bond donors (Lipinski definition) is 1. The van der Waals surface area contributed by atoms with Gasteiger partial charge in [0.05, 0.1) is 12.6 Å². The molecule has 0 saturated heterocycles. The van der Waals surface area contributed by atoms with Gasteiger partial charge in [0.15, 0.2) is 12.4 Å². The Kier molecular flexibility index (Phi) is 5.14. The van der Waals surface area contributed by atoms with E-state index in [4.69, 9.17) is 9.15 Å². The molecule has 2 aromatic heterocycles. The molecule has 2 heterocycles. The molecule has 0 bridgehead atoms. The third kappa shape index (κ3) is 4.39. The fraction of sp³-hybridized carbons (Fsp3) is 0.176. The zero-order valence-electron chi connectivity index (χ0n) is 12.9. The van der Waals surface area contributed by atoms with Crippen LogP contribution < -0.4 is 5.32 Å². The largest absolute Gasteiger partial charge is 0.456 e. The van der Waals surface area contributed by atoms with E-state index in [2.05, 4.69) is 20.3 Å². The topological polar surface area (TPSA) is 90.1 Å². The summed E-state index contributed by atoms with van der Waals surface area (Å²) in [7, 11) is 0. The van der Waals surface area contributed by atoms with Crippen LogP contribution >= 0.6 is 0 Å². The number of benzene rings is 1. The van der Waals surface area contributed by atoms with Crippen LogP contribution in [0.4, 0.5) is 5.95 Å². The molecule has 0 atom stereocenters. The maximum Gasteiger partial charge on any atom is 0.308 e. The van der Waals surface area contributed by atoms with Crippen LogP contribution in [0.3, 0.4) is 0 Å². The summed E-state index contributed by atoms with van der Waals surface area (Å²) in [6.45, 7) is 0.400. The summed E-state index contributed by atoms with van der Waals surface area (Å²) in [6, 6.07) is 11.3. The first kappa shape index (κ1) is 15.7. The number of hydrogen-bond acceptors (Lipinski definition) is 7. The minimum Gasteiger partial charge on any atom is -0.456 e. The van der Waals surface area contributed by atoms with E-state index in [9.17, 15) is 4.79 Å². The second kappa shape index (κ2) is 7.87. The average Bonchev–Trinajstić information content (AvgIpc) is 3.11. The molecule has 0 aliphatic carbocycles. The Bertz CT molecular complexity index is 775. The van der Waals surface area contributed by atoms with E-state index in [-0.39, 0.29) is 19.0 Å². The SMILES string of the molecule is O=C(CCNc1ncccn1)OCc1ncc(-c2ccccc2)o1. The van der Waals surface area contributed by atoms with E-state index in [0.717, 1.165) is 5.56 Å². The minimum atomic E-state index is -0.349. The number of ether oxygens (including phenoxy) is 1. The molecule has 0 amide bonds. The molecule has 122 valence electrons. The van der Waals surface area contributed by atoms with Crippen molar-refractivity contribution >= 4 is 11.9 Å². The van der Waals surface area contributed by atoms with E-state index in [1.165, 1.54) is 0 Å². The summed E-state index contributed by atoms with van der Waals surface area (Å²) < 4.78 is 10.7. The van der Waals surface area contributed by atoms with E-state index in [0.29, 0.717) is 24.1 Å². The van der Waals surface area contributed by atoms with E-state index >= 15 is 0 Å². The second-order valence-corrected chi connectivity index (χ2v) is 4.89. The van der Waals surface area contributed by atoms with Crippen LogP contribution in [0.5, 0.6) is 0 Å². The lowest BCUT2D eigenvalue weighted by Crippen LogP contribution is -2.12. The van der Waals surface area contributed by atoms with Crippen LogP contribution in [0.2, 0.25) is 0 Å². The van der Waals surface area contributed by atoms with Crippen molar-refractivity contribution in [3.05, 3.63) is 60.9 Å². The molecule has 0 saturated carbocycles. The van der Waals surface area contributed by atoms with Crippen LogP contribution in [0.25, 0.3) is 11.3 Å². The highest BCUT2D eigenvalue weighted by Gasteiger charge is 2.09. The van der Waals surface area contributed by atoms with Gasteiger partial charge in [-0.2, -0.15) is 0 Å². The second-order valence-electron chi connectivity index (χ2n) is 4.89. The maximum atomic E-state index is 11.7. The number of rotatable bonds is 7. The van der Waals surface area contributed by atoms with Crippen molar-refractivity contribution in [2.24, 2.45) is 0 Å². The van der Waals surface area contributed by atoms with E-state index in [1.807, 2.05) is 30.3 Å². The Morgan fingerprint density at radius 1 is 1.08 bits per heavy atom. The Labute approximate surface area is 138 Å². The molecule has 3 rings (SSSR count). The van der Waals surface area contributed by atoms with E-state index < -0.39 is 0 Å². The van der Waals surface area contributed by atoms with Gasteiger partial charge in [-0.3, -0.25) is 4.79 Å². The molecule has 0 aliphatic rings. The Hall–Kier alpha value is -3.22. The standard InChI is InChI=1S/C17H16N4O3/c22-16(7-10-20-17-18-8-4-9-19-17)23-12-15-21-11-14(24-15)13-5-2-1-3-6-13/h1-6,8-9,11H,7,10,12H2,(H,18,19,20). The quantitative estimate of drug-likeness (QED) is 0.668. The Morgan fingerprint density at radius 3 is 2.67 bits per heavy atom. The van der Waals surface area contributed by atoms with Gasteiger partial charge in [-0.15, -0.1) is 0 Å². The summed E-state index contributed by atoms with van der Waals surface area (Å²) in [5.41, 5.74) is 0.926. The van der Waals surface area contributed by atoms with Crippen molar-refractivity contribution in [1.82, 2.24) is 15.0 Å². The molecule has 0 unspecified atom stereocenters. The van der Waals surface area contributed by atoms with Crippen LogP contribution in [0.1, 0.15) is 12.3 Å². The van der Waals surface area contributed by atoms with E-state index in [1.54, 1.807) is 24.7 Å². The number of anilines is 1. The molecule has 0 spiro atoms. The van der Waals surface area contributed by atoms with Crippen LogP contribution in [-0.2, 0) is 16.1 Å². The van der Waals surface area contributed by atoms with Gasteiger partial charge in [0.2, 0.25) is 11.8 Å². The number of nitrogens with zero attached hydrogens (tertiary/aromatic N) is 3. The molecule has 1 N–H and O–H groups in total. The summed E-state index contributed by atoms with van der Waals surface area (Å²) in [6.07, 6.45) is 5.07. The first-order valence-electron chi connectivity index (χ1n) is 7.48.